The first-order valence-corrected chi connectivity index (χ1v) is 10.2. The predicted molar refractivity (Wildman–Crippen MR) is 123 cm³/mol. The molecule has 0 saturated heterocycles. The van der Waals surface area contributed by atoms with E-state index >= 15 is 0 Å². The Balaban J connectivity index is 1.68. The number of ether oxygens (including phenoxy) is 1. The maximum atomic E-state index is 10.2. The molecule has 2 N–H and O–H groups in total. The first-order valence-electron chi connectivity index (χ1n) is 10.2. The van der Waals surface area contributed by atoms with Crippen molar-refractivity contribution in [1.29, 1.82) is 0 Å². The predicted octanol–water partition coefficient (Wildman–Crippen LogP) is 5.74. The first-order chi connectivity index (χ1) is 14.7. The van der Waals surface area contributed by atoms with Gasteiger partial charge < -0.3 is 14.9 Å². The van der Waals surface area contributed by atoms with E-state index in [1.165, 1.54) is 11.1 Å². The molecule has 0 amide bonds. The van der Waals surface area contributed by atoms with Crippen LogP contribution in [0, 0.1) is 0 Å². The molecule has 3 aromatic rings. The number of allylic oxidation sites excluding steroid dienone is 1. The van der Waals surface area contributed by atoms with E-state index in [1.54, 1.807) is 6.07 Å². The van der Waals surface area contributed by atoms with Crippen molar-refractivity contribution < 1.29 is 14.9 Å². The molecule has 0 radical (unpaired) electrons. The van der Waals surface area contributed by atoms with Crippen molar-refractivity contribution in [2.75, 3.05) is 13.2 Å². The molecule has 0 saturated carbocycles. The summed E-state index contributed by atoms with van der Waals surface area (Å²) < 4.78 is 5.89. The highest BCUT2D eigenvalue weighted by Gasteiger charge is 2.22. The van der Waals surface area contributed by atoms with Crippen LogP contribution in [0.3, 0.4) is 0 Å². The van der Waals surface area contributed by atoms with Crippen LogP contribution in [0.2, 0.25) is 0 Å². The summed E-state index contributed by atoms with van der Waals surface area (Å²) >= 11 is 0. The molecular formula is C27H26O3. The van der Waals surface area contributed by atoms with Gasteiger partial charge in [-0.1, -0.05) is 79.4 Å². The van der Waals surface area contributed by atoms with Gasteiger partial charge in [0.05, 0.1) is 19.3 Å². The molecule has 1 atom stereocenters. The van der Waals surface area contributed by atoms with E-state index in [2.05, 4.69) is 24.8 Å². The van der Waals surface area contributed by atoms with Gasteiger partial charge in [0.15, 0.2) is 0 Å². The van der Waals surface area contributed by atoms with Gasteiger partial charge in [-0.25, -0.2) is 0 Å². The van der Waals surface area contributed by atoms with Crippen LogP contribution >= 0.6 is 0 Å². The van der Waals surface area contributed by atoms with Crippen LogP contribution in [0.15, 0.2) is 90.5 Å². The minimum Gasteiger partial charge on any atom is -0.507 e. The zero-order chi connectivity index (χ0) is 20.9. The molecule has 3 aromatic carbocycles. The number of aromatic hydroxyl groups is 1. The minimum atomic E-state index is -0.0490. The van der Waals surface area contributed by atoms with Crippen LogP contribution < -0.4 is 0 Å². The zero-order valence-electron chi connectivity index (χ0n) is 16.9. The largest absolute Gasteiger partial charge is 0.507 e. The smallest absolute Gasteiger partial charge is 0.123 e. The lowest BCUT2D eigenvalue weighted by Gasteiger charge is -2.17. The lowest BCUT2D eigenvalue weighted by molar-refractivity contribution is 0.117. The Bertz CT molecular complexity index is 1110. The van der Waals surface area contributed by atoms with Crippen LogP contribution in [0.1, 0.15) is 24.0 Å². The van der Waals surface area contributed by atoms with Crippen LogP contribution in [0.4, 0.5) is 0 Å². The Morgan fingerprint density at radius 3 is 2.50 bits per heavy atom. The minimum absolute atomic E-state index is 0.0478. The van der Waals surface area contributed by atoms with E-state index in [-0.39, 0.29) is 12.7 Å². The summed E-state index contributed by atoms with van der Waals surface area (Å²) in [7, 11) is 0. The molecular weight excluding hydrogens is 372 g/mol. The van der Waals surface area contributed by atoms with E-state index in [4.69, 9.17) is 4.74 Å². The zero-order valence-corrected chi connectivity index (χ0v) is 16.9. The molecule has 1 aliphatic heterocycles. The van der Waals surface area contributed by atoms with Crippen LogP contribution in [0.5, 0.6) is 5.75 Å². The van der Waals surface area contributed by atoms with Crippen molar-refractivity contribution in [1.82, 2.24) is 0 Å². The number of hydrogen-bond acceptors (Lipinski definition) is 3. The van der Waals surface area contributed by atoms with Gasteiger partial charge in [-0.2, -0.15) is 0 Å². The lowest BCUT2D eigenvalue weighted by atomic mass is 9.92. The second-order valence-corrected chi connectivity index (χ2v) is 7.54. The Morgan fingerprint density at radius 2 is 1.73 bits per heavy atom. The molecule has 152 valence electrons. The van der Waals surface area contributed by atoms with Gasteiger partial charge in [0, 0.05) is 5.39 Å². The van der Waals surface area contributed by atoms with Crippen molar-refractivity contribution >= 4 is 22.4 Å². The number of benzene rings is 3. The van der Waals surface area contributed by atoms with Crippen LogP contribution in [-0.4, -0.2) is 29.5 Å². The Hall–Kier alpha value is -3.14. The topological polar surface area (TPSA) is 49.7 Å². The third-order valence-electron chi connectivity index (χ3n) is 5.63. The standard InChI is InChI=1S/C27H26O3/c1-19(18-28)23-15-16-30-27(23)14-12-21(20-7-3-2-4-8-20)17-22-11-13-26(29)25-10-6-5-9-24(22)25/h2-11,13,15,17,27-29H,1,12,14,16,18H2/b21-17-. The number of aliphatic hydroxyl groups excluding tert-OH is 1. The molecule has 0 fully saturated rings. The normalized spacial score (nSPS) is 16.6. The number of phenolic OH excluding ortho intramolecular Hbond substituents is 1. The summed E-state index contributed by atoms with van der Waals surface area (Å²) in [6.45, 7) is 4.48. The SMILES string of the molecule is C=C(CO)C1=CCOC1CC/C(=C/c1ccc(O)c2ccccc12)c1ccccc1. The highest BCUT2D eigenvalue weighted by molar-refractivity contribution is 5.98. The fourth-order valence-electron chi connectivity index (χ4n) is 4.04. The van der Waals surface area contributed by atoms with E-state index < -0.39 is 0 Å². The highest BCUT2D eigenvalue weighted by atomic mass is 16.5. The summed E-state index contributed by atoms with van der Waals surface area (Å²) in [6, 6.07) is 22.0. The maximum Gasteiger partial charge on any atom is 0.123 e. The molecule has 1 heterocycles. The second-order valence-electron chi connectivity index (χ2n) is 7.54. The summed E-state index contributed by atoms with van der Waals surface area (Å²) in [5.74, 6) is 0.292. The van der Waals surface area contributed by atoms with Crippen molar-refractivity contribution in [3.8, 4) is 5.75 Å². The van der Waals surface area contributed by atoms with Gasteiger partial charge >= 0.3 is 0 Å². The van der Waals surface area contributed by atoms with Crippen molar-refractivity contribution in [2.45, 2.75) is 18.9 Å². The Labute approximate surface area is 177 Å². The Kier molecular flexibility index (Phi) is 6.12. The fraction of sp³-hybridized carbons (Fsp3) is 0.185. The monoisotopic (exact) mass is 398 g/mol. The van der Waals surface area contributed by atoms with Gasteiger partial charge in [0.25, 0.3) is 0 Å². The van der Waals surface area contributed by atoms with Gasteiger partial charge in [-0.15, -0.1) is 0 Å². The molecule has 0 aliphatic carbocycles. The quantitative estimate of drug-likeness (QED) is 0.499. The van der Waals surface area contributed by atoms with E-state index in [0.717, 1.165) is 40.3 Å². The average Bonchev–Trinajstić information content (AvgIpc) is 3.27. The molecule has 1 aliphatic rings. The number of phenols is 1. The molecule has 4 rings (SSSR count). The second kappa shape index (κ2) is 9.12. The third-order valence-corrected chi connectivity index (χ3v) is 5.63. The summed E-state index contributed by atoms with van der Waals surface area (Å²) in [5, 5.41) is 21.6. The van der Waals surface area contributed by atoms with E-state index in [9.17, 15) is 10.2 Å². The number of hydrogen-bond donors (Lipinski definition) is 2. The van der Waals surface area contributed by atoms with Crippen molar-refractivity contribution in [3.05, 3.63) is 102 Å². The maximum absolute atomic E-state index is 10.2. The van der Waals surface area contributed by atoms with Crippen LogP contribution in [0.25, 0.3) is 22.4 Å². The lowest BCUT2D eigenvalue weighted by Crippen LogP contribution is -2.13. The Morgan fingerprint density at radius 1 is 1.00 bits per heavy atom. The van der Waals surface area contributed by atoms with Gasteiger partial charge in [-0.3, -0.25) is 0 Å². The van der Waals surface area contributed by atoms with Gasteiger partial charge in [0.1, 0.15) is 5.75 Å². The van der Waals surface area contributed by atoms with Gasteiger partial charge in [-0.05, 0) is 52.1 Å². The van der Waals surface area contributed by atoms with E-state index in [0.29, 0.717) is 12.4 Å². The number of aliphatic hydroxyl groups is 1. The fourth-order valence-corrected chi connectivity index (χ4v) is 4.04. The average molecular weight is 399 g/mol. The van der Waals surface area contributed by atoms with Gasteiger partial charge in [0.2, 0.25) is 0 Å². The van der Waals surface area contributed by atoms with E-state index in [1.807, 2.05) is 54.6 Å². The molecule has 1 unspecified atom stereocenters. The third kappa shape index (κ3) is 4.23. The molecule has 3 heteroatoms. The highest BCUT2D eigenvalue weighted by Crippen LogP contribution is 2.33. The van der Waals surface area contributed by atoms with Crippen molar-refractivity contribution in [3.63, 3.8) is 0 Å². The molecule has 30 heavy (non-hydrogen) atoms. The molecule has 3 nitrogen and oxygen atoms in total. The summed E-state index contributed by atoms with van der Waals surface area (Å²) in [6.07, 6.45) is 5.80. The van der Waals surface area contributed by atoms with Crippen LogP contribution in [-0.2, 0) is 4.74 Å². The molecule has 0 bridgehead atoms. The number of rotatable bonds is 7. The summed E-state index contributed by atoms with van der Waals surface area (Å²) in [5.41, 5.74) is 5.19. The number of fused-ring (bicyclic) bond motifs is 1. The summed E-state index contributed by atoms with van der Waals surface area (Å²) in [4.78, 5) is 0. The first kappa shape index (κ1) is 20.1. The molecule has 0 spiro atoms. The van der Waals surface area contributed by atoms with Crippen molar-refractivity contribution in [2.24, 2.45) is 0 Å². The molecule has 0 aromatic heterocycles.